The van der Waals surface area contributed by atoms with Gasteiger partial charge in [0.15, 0.2) is 0 Å². The number of pyridine rings is 1. The molecule has 16 nitrogen and oxygen atoms in total. The number of aliphatic imine (C=N–C) groups is 1. The summed E-state index contributed by atoms with van der Waals surface area (Å²) in [5.74, 6) is -0.943. The van der Waals surface area contributed by atoms with E-state index in [2.05, 4.69) is 47.7 Å². The molecule has 0 saturated carbocycles. The SMILES string of the molecule is CCC(=O)N[C@H](C(=O)N[C@@H](Cc1ccc(C#Cc2ccc(N3CC4CCC(C3)N4C3COC3)nc2)cc1)[C@@H](O)CN(Cc1c(F)cc(C(N)=CC=NC(F)F)cc1F)NC(=O)[C@@H](NC(=O)CC)C(C)(C)C(F)(F)F)C(C)(C)C(F)(F)F. The van der Waals surface area contributed by atoms with E-state index in [4.69, 9.17) is 10.5 Å². The normalized spacial score (nSPS) is 18.9. The number of halogens is 10. The zero-order chi connectivity index (χ0) is 59.8. The Kier molecular flexibility index (Phi) is 20.6. The Hall–Kier alpha value is -6.82. The number of ether oxygens (including phenoxy) is 1. The number of nitrogens with zero attached hydrogens (tertiary/aromatic N) is 5. The van der Waals surface area contributed by atoms with Gasteiger partial charge in [-0.25, -0.2) is 23.8 Å². The van der Waals surface area contributed by atoms with Gasteiger partial charge < -0.3 is 36.4 Å². The molecule has 0 aliphatic carbocycles. The van der Waals surface area contributed by atoms with E-state index < -0.39 is 126 Å². The maximum absolute atomic E-state index is 16.0. The number of rotatable bonds is 22. The molecule has 3 aliphatic rings. The lowest BCUT2D eigenvalue weighted by atomic mass is 9.82. The fourth-order valence-electron chi connectivity index (χ4n) is 9.55. The first-order valence-corrected chi connectivity index (χ1v) is 26.1. The second-order valence-electron chi connectivity index (χ2n) is 21.3. The molecule has 81 heavy (non-hydrogen) atoms. The Bertz CT molecular complexity index is 2800. The van der Waals surface area contributed by atoms with Gasteiger partial charge in [0.25, 0.3) is 5.91 Å². The van der Waals surface area contributed by atoms with Gasteiger partial charge in [-0.2, -0.15) is 35.1 Å². The molecule has 6 rings (SSSR count). The highest BCUT2D eigenvalue weighted by Gasteiger charge is 2.57. The monoisotopic (exact) mass is 1150 g/mol. The van der Waals surface area contributed by atoms with Crippen LogP contribution in [0.4, 0.5) is 49.7 Å². The molecule has 1 aromatic heterocycles. The number of aromatic nitrogens is 1. The molecule has 3 fully saturated rings. The molecule has 7 N–H and O–H groups in total. The standard InChI is InChI=1S/C55H66F10N10O6/c1-7-45(77)70-47(52(3,4)54(60,61)62)49(79)69-42(21-32-12-9-31(10-13-32)11-14-33-15-18-44(68-24-33)73-25-35-16-17-36(26-73)75(35)37-29-81-30-37)43(76)28-74(72-50(80)48(71-46(78)8-2)53(5,6)55(63,64)65)27-38-39(56)22-34(23-40(38)57)41(66)19-20-67-51(58)59/h9-10,12-13,15,18-20,22-24,35-37,42-43,47-48,51,76H,7-8,16-17,21,25-30,66H2,1-6H3,(H,69,79)(H,70,77)(H,71,78)(H,72,80)/t35?,36?,42-,43-,47+,48+/m0/s1. The van der Waals surface area contributed by atoms with Crippen molar-refractivity contribution in [3.8, 4) is 11.8 Å². The van der Waals surface area contributed by atoms with Crippen molar-refractivity contribution >= 4 is 41.4 Å². The number of hydrazine groups is 1. The van der Waals surface area contributed by atoms with Gasteiger partial charge in [0.2, 0.25) is 17.7 Å². The summed E-state index contributed by atoms with van der Waals surface area (Å²) >= 11 is 0. The number of carbonyl (C=O) groups is 4. The highest BCUT2D eigenvalue weighted by atomic mass is 19.4. The summed E-state index contributed by atoms with van der Waals surface area (Å²) in [5, 5.41) is 19.1. The highest BCUT2D eigenvalue weighted by Crippen LogP contribution is 2.42. The van der Waals surface area contributed by atoms with Gasteiger partial charge in [-0.3, -0.25) is 29.5 Å². The Morgan fingerprint density at radius 3 is 1.83 bits per heavy atom. The van der Waals surface area contributed by atoms with Crippen molar-refractivity contribution in [1.29, 1.82) is 0 Å². The van der Waals surface area contributed by atoms with E-state index in [1.165, 1.54) is 26.0 Å². The Labute approximate surface area is 462 Å². The van der Waals surface area contributed by atoms with Crippen molar-refractivity contribution in [2.75, 3.05) is 37.7 Å². The number of hydrogen-bond acceptors (Lipinski definition) is 12. The first-order chi connectivity index (χ1) is 37.9. The number of benzene rings is 2. The van der Waals surface area contributed by atoms with E-state index in [-0.39, 0.29) is 12.0 Å². The molecule has 3 saturated heterocycles. The van der Waals surface area contributed by atoms with Gasteiger partial charge in [0.1, 0.15) is 29.5 Å². The van der Waals surface area contributed by atoms with Crippen molar-refractivity contribution in [1.82, 2.24) is 36.3 Å². The minimum absolute atomic E-state index is 0.306. The van der Waals surface area contributed by atoms with Gasteiger partial charge in [0.05, 0.1) is 42.2 Å². The molecule has 2 bridgehead atoms. The number of alkyl halides is 8. The molecule has 0 radical (unpaired) electrons. The molecular formula is C55H66F10N10O6. The van der Waals surface area contributed by atoms with Crippen molar-refractivity contribution in [2.45, 2.75) is 141 Å². The van der Waals surface area contributed by atoms with Crippen LogP contribution < -0.4 is 32.0 Å². The fraction of sp³-hybridized carbons (Fsp3) is 0.527. The van der Waals surface area contributed by atoms with Crippen LogP contribution in [0.2, 0.25) is 0 Å². The van der Waals surface area contributed by atoms with Crippen LogP contribution in [-0.4, -0.2) is 144 Å². The summed E-state index contributed by atoms with van der Waals surface area (Å²) in [6, 6.07) is 6.04. The molecule has 0 spiro atoms. The zero-order valence-corrected chi connectivity index (χ0v) is 45.3. The second kappa shape index (κ2) is 26.4. The number of fused-ring (bicyclic) bond motifs is 2. The summed E-state index contributed by atoms with van der Waals surface area (Å²) in [4.78, 5) is 65.8. The van der Waals surface area contributed by atoms with Crippen molar-refractivity contribution in [3.05, 3.63) is 100 Å². The van der Waals surface area contributed by atoms with Gasteiger partial charge in [-0.1, -0.05) is 37.8 Å². The number of nitrogens with one attached hydrogen (secondary N) is 4. The van der Waals surface area contributed by atoms with Gasteiger partial charge >= 0.3 is 18.9 Å². The zero-order valence-electron chi connectivity index (χ0n) is 45.3. The molecule has 4 amide bonds. The van der Waals surface area contributed by atoms with Gasteiger partial charge in [-0.05, 0) is 95.0 Å². The number of hydrogen-bond donors (Lipinski definition) is 6. The van der Waals surface area contributed by atoms with Crippen molar-refractivity contribution < 1.29 is 72.9 Å². The third-order valence-corrected chi connectivity index (χ3v) is 14.8. The van der Waals surface area contributed by atoms with Gasteiger partial charge in [0, 0.05) is 91.5 Å². The number of allylic oxidation sites excluding steroid dienone is 1. The van der Waals surface area contributed by atoms with E-state index in [1.807, 2.05) is 17.4 Å². The fourth-order valence-corrected chi connectivity index (χ4v) is 9.55. The lowest BCUT2D eigenvalue weighted by molar-refractivity contribution is -0.222. The molecule has 2 aromatic carbocycles. The highest BCUT2D eigenvalue weighted by molar-refractivity contribution is 5.89. The predicted molar refractivity (Wildman–Crippen MR) is 279 cm³/mol. The lowest BCUT2D eigenvalue weighted by Crippen LogP contribution is -2.63. The van der Waals surface area contributed by atoms with Crippen LogP contribution in [0.15, 0.2) is 65.8 Å². The van der Waals surface area contributed by atoms with Crippen molar-refractivity contribution in [2.24, 2.45) is 21.6 Å². The first kappa shape index (κ1) is 63.4. The molecule has 26 heteroatoms. The average Bonchev–Trinajstić information content (AvgIpc) is 3.84. The van der Waals surface area contributed by atoms with Gasteiger partial charge in [-0.15, -0.1) is 0 Å². The smallest absolute Gasteiger partial charge is 0.396 e. The third-order valence-electron chi connectivity index (χ3n) is 14.8. The van der Waals surface area contributed by atoms with Crippen LogP contribution in [0.1, 0.15) is 95.0 Å². The summed E-state index contributed by atoms with van der Waals surface area (Å²) in [5.41, 5.74) is 1.58. The minimum atomic E-state index is -5.17. The van der Waals surface area contributed by atoms with Crippen LogP contribution >= 0.6 is 0 Å². The summed E-state index contributed by atoms with van der Waals surface area (Å²) in [7, 11) is 0. The predicted octanol–water partition coefficient (Wildman–Crippen LogP) is 6.29. The number of nitrogens with two attached hydrogens (primary N) is 1. The minimum Gasteiger partial charge on any atom is -0.398 e. The molecule has 6 atom stereocenters. The van der Waals surface area contributed by atoms with Crippen molar-refractivity contribution in [3.63, 3.8) is 0 Å². The van der Waals surface area contributed by atoms with Crippen LogP contribution in [0.5, 0.6) is 0 Å². The summed E-state index contributed by atoms with van der Waals surface area (Å²) in [6.07, 6.45) is -8.29. The van der Waals surface area contributed by atoms with E-state index >= 15 is 8.78 Å². The molecule has 3 aliphatic heterocycles. The number of carbonyl (C=O) groups excluding carboxylic acids is 4. The summed E-state index contributed by atoms with van der Waals surface area (Å²) in [6.45, 7) is 2.99. The number of piperazine rings is 1. The van der Waals surface area contributed by atoms with Crippen LogP contribution in [-0.2, 0) is 36.9 Å². The molecular weight excluding hydrogens is 1090 g/mol. The molecule has 2 unspecified atom stereocenters. The quantitative estimate of drug-likeness (QED) is 0.0217. The average molecular weight is 1150 g/mol. The molecule has 4 heterocycles. The van der Waals surface area contributed by atoms with Crippen LogP contribution in [0.25, 0.3) is 5.70 Å². The Morgan fingerprint density at radius 2 is 1.35 bits per heavy atom. The Balaban J connectivity index is 1.31. The largest absolute Gasteiger partial charge is 0.398 e. The Morgan fingerprint density at radius 1 is 0.815 bits per heavy atom. The molecule has 3 aromatic rings. The van der Waals surface area contributed by atoms with E-state index in [1.54, 1.807) is 18.3 Å². The molecule has 442 valence electrons. The first-order valence-electron chi connectivity index (χ1n) is 26.1. The maximum atomic E-state index is 16.0. The number of anilines is 1. The van der Waals surface area contributed by atoms with E-state index in [0.29, 0.717) is 85.9 Å². The summed E-state index contributed by atoms with van der Waals surface area (Å²) < 4.78 is 150. The number of aliphatic hydroxyl groups excluding tert-OH is 1. The number of aliphatic hydroxyl groups is 1. The van der Waals surface area contributed by atoms with Crippen LogP contribution in [0, 0.1) is 34.3 Å². The topological polar surface area (TPSA) is 207 Å². The van der Waals surface area contributed by atoms with E-state index in [9.17, 15) is 59.4 Å². The maximum Gasteiger partial charge on any atom is 0.396 e. The number of amides is 4. The lowest BCUT2D eigenvalue weighted by Gasteiger charge is -2.47. The second-order valence-corrected chi connectivity index (χ2v) is 21.3. The van der Waals surface area contributed by atoms with Crippen LogP contribution in [0.3, 0.4) is 0 Å². The third kappa shape index (κ3) is 15.8. The van der Waals surface area contributed by atoms with E-state index in [0.717, 1.165) is 51.0 Å².